The maximum absolute atomic E-state index is 8.92. The number of hydrogen-bond donors (Lipinski definition) is 2. The zero-order valence-electron chi connectivity index (χ0n) is 4.17. The van der Waals surface area contributed by atoms with Gasteiger partial charge in [-0.15, -0.1) is 0 Å². The summed E-state index contributed by atoms with van der Waals surface area (Å²) in [6.07, 6.45) is 3.07. The normalized spacial score (nSPS) is 42.0. The van der Waals surface area contributed by atoms with Crippen molar-refractivity contribution in [1.82, 2.24) is 0 Å². The van der Waals surface area contributed by atoms with E-state index in [1.807, 2.05) is 0 Å². The minimum atomic E-state index is -0.122. The number of aliphatic hydroxyl groups is 1. The summed E-state index contributed by atoms with van der Waals surface area (Å²) < 4.78 is 0. The molecule has 0 aromatic heterocycles. The van der Waals surface area contributed by atoms with Gasteiger partial charge in [-0.1, -0.05) is 0 Å². The van der Waals surface area contributed by atoms with Crippen molar-refractivity contribution >= 4 is 12.6 Å². The highest BCUT2D eigenvalue weighted by molar-refractivity contribution is 7.81. The molecule has 1 saturated carbocycles. The molecule has 0 saturated heterocycles. The largest absolute Gasteiger partial charge is 0.392 e. The lowest BCUT2D eigenvalue weighted by atomic mass is 10.3. The lowest BCUT2D eigenvalue weighted by Crippen LogP contribution is -2.11. The number of rotatable bonds is 0. The Kier molecular flexibility index (Phi) is 1.60. The maximum atomic E-state index is 8.92. The molecule has 2 heteroatoms. The Hall–Kier alpha value is 0.310. The second-order valence-corrected chi connectivity index (χ2v) is 2.73. The van der Waals surface area contributed by atoms with E-state index in [1.54, 1.807) is 0 Å². The third kappa shape index (κ3) is 1.10. The molecular weight excluding hydrogens is 108 g/mol. The minimum Gasteiger partial charge on any atom is -0.392 e. The van der Waals surface area contributed by atoms with Crippen LogP contribution in [0.1, 0.15) is 19.3 Å². The fraction of sp³-hybridized carbons (Fsp3) is 1.00. The highest BCUT2D eigenvalue weighted by Crippen LogP contribution is 2.22. The van der Waals surface area contributed by atoms with Gasteiger partial charge in [-0.05, 0) is 19.3 Å². The Morgan fingerprint density at radius 3 is 2.29 bits per heavy atom. The van der Waals surface area contributed by atoms with Crippen LogP contribution in [0.5, 0.6) is 0 Å². The van der Waals surface area contributed by atoms with Gasteiger partial charge in [-0.3, -0.25) is 0 Å². The maximum Gasteiger partial charge on any atom is 0.0656 e. The zero-order chi connectivity index (χ0) is 5.28. The van der Waals surface area contributed by atoms with Crippen LogP contribution in [-0.2, 0) is 0 Å². The van der Waals surface area contributed by atoms with Gasteiger partial charge in [0.15, 0.2) is 0 Å². The van der Waals surface area contributed by atoms with Crippen molar-refractivity contribution in [1.29, 1.82) is 0 Å². The molecule has 0 heterocycles. The molecule has 0 aromatic rings. The van der Waals surface area contributed by atoms with Gasteiger partial charge in [0.2, 0.25) is 0 Å². The number of hydrogen-bond acceptors (Lipinski definition) is 2. The van der Waals surface area contributed by atoms with E-state index in [0.717, 1.165) is 19.3 Å². The molecule has 1 rings (SSSR count). The molecular formula is C5H10OS. The van der Waals surface area contributed by atoms with E-state index in [-0.39, 0.29) is 11.4 Å². The van der Waals surface area contributed by atoms with Crippen LogP contribution in [0.4, 0.5) is 0 Å². The molecule has 1 N–H and O–H groups in total. The smallest absolute Gasteiger partial charge is 0.0656 e. The van der Waals surface area contributed by atoms with Crippen molar-refractivity contribution < 1.29 is 5.11 Å². The summed E-state index contributed by atoms with van der Waals surface area (Å²) in [5.41, 5.74) is 0. The molecule has 7 heavy (non-hydrogen) atoms. The second kappa shape index (κ2) is 2.05. The minimum absolute atomic E-state index is 0.122. The Morgan fingerprint density at radius 1 is 1.43 bits per heavy atom. The Balaban J connectivity index is 2.33. The summed E-state index contributed by atoms with van der Waals surface area (Å²) in [4.78, 5) is 0. The molecule has 2 atom stereocenters. The van der Waals surface area contributed by atoms with Gasteiger partial charge in [-0.2, -0.15) is 12.6 Å². The average molecular weight is 118 g/mol. The predicted molar refractivity (Wildman–Crippen MR) is 32.6 cm³/mol. The Morgan fingerprint density at radius 2 is 2.14 bits per heavy atom. The van der Waals surface area contributed by atoms with E-state index in [0.29, 0.717) is 0 Å². The predicted octanol–water partition coefficient (Wildman–Crippen LogP) is 0.830. The van der Waals surface area contributed by atoms with E-state index < -0.39 is 0 Å². The van der Waals surface area contributed by atoms with Crippen LogP contribution in [0.3, 0.4) is 0 Å². The third-order valence-corrected chi connectivity index (χ3v) is 2.05. The average Bonchev–Trinajstić information content (AvgIpc) is 1.91. The molecule has 0 spiro atoms. The summed E-state index contributed by atoms with van der Waals surface area (Å²) in [5, 5.41) is 9.19. The van der Waals surface area contributed by atoms with Crippen molar-refractivity contribution in [2.24, 2.45) is 0 Å². The van der Waals surface area contributed by atoms with E-state index in [4.69, 9.17) is 5.11 Å². The first kappa shape index (κ1) is 5.45. The summed E-state index contributed by atoms with van der Waals surface area (Å²) in [6, 6.07) is 0. The van der Waals surface area contributed by atoms with Gasteiger partial charge >= 0.3 is 0 Å². The zero-order valence-corrected chi connectivity index (χ0v) is 5.06. The van der Waals surface area contributed by atoms with E-state index in [9.17, 15) is 0 Å². The van der Waals surface area contributed by atoms with Crippen molar-refractivity contribution in [3.8, 4) is 0 Å². The van der Waals surface area contributed by atoms with Crippen LogP contribution < -0.4 is 0 Å². The van der Waals surface area contributed by atoms with Gasteiger partial charge in [0.1, 0.15) is 0 Å². The van der Waals surface area contributed by atoms with Crippen LogP contribution in [0.25, 0.3) is 0 Å². The molecule has 0 amide bonds. The molecule has 0 unspecified atom stereocenters. The molecule has 0 bridgehead atoms. The Bertz CT molecular complexity index is 57.1. The van der Waals surface area contributed by atoms with Gasteiger partial charge < -0.3 is 5.11 Å². The fourth-order valence-corrected chi connectivity index (χ4v) is 1.25. The number of thiol groups is 1. The van der Waals surface area contributed by atoms with Gasteiger partial charge in [0.25, 0.3) is 0 Å². The fourth-order valence-electron chi connectivity index (χ4n) is 0.921. The van der Waals surface area contributed by atoms with Crippen LogP contribution >= 0.6 is 12.6 Å². The molecule has 1 aliphatic rings. The standard InChI is InChI=1S/C5H10OS/c6-4-2-1-3-5(4)7/h4-7H,1-3H2/t4-,5+/m1/s1. The first-order valence-corrected chi connectivity index (χ1v) is 3.18. The molecule has 1 nitrogen and oxygen atoms in total. The monoisotopic (exact) mass is 118 g/mol. The summed E-state index contributed by atoms with van der Waals surface area (Å²) >= 11 is 4.14. The SMILES string of the molecule is O[C@@H]1CCC[C@@H]1S. The summed E-state index contributed by atoms with van der Waals surface area (Å²) in [5.74, 6) is 0. The van der Waals surface area contributed by atoms with Crippen molar-refractivity contribution in [3.63, 3.8) is 0 Å². The lowest BCUT2D eigenvalue weighted by molar-refractivity contribution is 0.188. The quantitative estimate of drug-likeness (QED) is 0.451. The summed E-state index contributed by atoms with van der Waals surface area (Å²) in [7, 11) is 0. The van der Waals surface area contributed by atoms with Crippen LogP contribution in [0.2, 0.25) is 0 Å². The lowest BCUT2D eigenvalue weighted by Gasteiger charge is -2.03. The third-order valence-electron chi connectivity index (χ3n) is 1.44. The molecule has 1 aliphatic carbocycles. The topological polar surface area (TPSA) is 20.2 Å². The summed E-state index contributed by atoms with van der Waals surface area (Å²) in [6.45, 7) is 0. The highest BCUT2D eigenvalue weighted by Gasteiger charge is 2.20. The molecule has 0 aliphatic heterocycles. The first-order valence-electron chi connectivity index (χ1n) is 2.67. The first-order chi connectivity index (χ1) is 3.30. The van der Waals surface area contributed by atoms with Gasteiger partial charge in [0.05, 0.1) is 6.10 Å². The number of aliphatic hydroxyl groups excluding tert-OH is 1. The van der Waals surface area contributed by atoms with Crippen LogP contribution in [0, 0.1) is 0 Å². The highest BCUT2D eigenvalue weighted by atomic mass is 32.1. The Labute approximate surface area is 49.1 Å². The molecule has 1 fully saturated rings. The van der Waals surface area contributed by atoms with E-state index in [2.05, 4.69) is 12.6 Å². The van der Waals surface area contributed by atoms with Crippen molar-refractivity contribution in [3.05, 3.63) is 0 Å². The van der Waals surface area contributed by atoms with Crippen LogP contribution in [0.15, 0.2) is 0 Å². The van der Waals surface area contributed by atoms with E-state index in [1.165, 1.54) is 0 Å². The van der Waals surface area contributed by atoms with Crippen LogP contribution in [-0.4, -0.2) is 16.5 Å². The second-order valence-electron chi connectivity index (χ2n) is 2.07. The van der Waals surface area contributed by atoms with Gasteiger partial charge in [0, 0.05) is 5.25 Å². The van der Waals surface area contributed by atoms with Gasteiger partial charge in [-0.25, -0.2) is 0 Å². The molecule has 42 valence electrons. The molecule has 0 radical (unpaired) electrons. The van der Waals surface area contributed by atoms with Crippen molar-refractivity contribution in [2.75, 3.05) is 0 Å². The van der Waals surface area contributed by atoms with E-state index >= 15 is 0 Å². The molecule has 0 aromatic carbocycles. The van der Waals surface area contributed by atoms with Crippen molar-refractivity contribution in [2.45, 2.75) is 30.6 Å².